The molecular formula is C17H29N7O5. The smallest absolute Gasteiger partial charge is 0.407 e. The molecule has 1 fully saturated rings. The van der Waals surface area contributed by atoms with Gasteiger partial charge in [0.25, 0.3) is 0 Å². The van der Waals surface area contributed by atoms with E-state index in [0.717, 1.165) is 0 Å². The van der Waals surface area contributed by atoms with Gasteiger partial charge >= 0.3 is 12.2 Å². The topological polar surface area (TPSA) is 165 Å². The molecule has 2 heterocycles. The molecule has 1 saturated heterocycles. The fourth-order valence-electron chi connectivity index (χ4n) is 2.75. The molecule has 2 rings (SSSR count). The van der Waals surface area contributed by atoms with Crippen LogP contribution in [0.4, 0.5) is 9.59 Å². The second-order valence-electron chi connectivity index (χ2n) is 7.90. The highest BCUT2D eigenvalue weighted by molar-refractivity contribution is 5.88. The van der Waals surface area contributed by atoms with Gasteiger partial charge in [-0.05, 0) is 34.1 Å². The zero-order valence-corrected chi connectivity index (χ0v) is 17.1. The summed E-state index contributed by atoms with van der Waals surface area (Å²) in [7, 11) is 0. The third-order valence-corrected chi connectivity index (χ3v) is 4.36. The second-order valence-corrected chi connectivity index (χ2v) is 7.90. The molecule has 29 heavy (non-hydrogen) atoms. The number of nitrogens with two attached hydrogens (primary N) is 1. The van der Waals surface area contributed by atoms with E-state index < -0.39 is 29.9 Å². The van der Waals surface area contributed by atoms with Gasteiger partial charge in [-0.1, -0.05) is 0 Å². The van der Waals surface area contributed by atoms with Gasteiger partial charge in [-0.15, -0.1) is 0 Å². The maximum absolute atomic E-state index is 11.6. The Morgan fingerprint density at radius 3 is 2.72 bits per heavy atom. The van der Waals surface area contributed by atoms with Crippen LogP contribution in [0.3, 0.4) is 0 Å². The van der Waals surface area contributed by atoms with Gasteiger partial charge in [0, 0.05) is 13.1 Å². The summed E-state index contributed by atoms with van der Waals surface area (Å²) < 4.78 is 5.14. The minimum atomic E-state index is -1.10. The summed E-state index contributed by atoms with van der Waals surface area (Å²) in [6.07, 6.45) is 0.257. The SMILES string of the molecule is C[C@@H](c1cnn(C[C@H]2NC(=O)[C@H]2N)n1)N(CCCNC(=O)OC(C)(C)C)C(=O)O. The molecule has 1 aliphatic rings. The maximum Gasteiger partial charge on any atom is 0.407 e. The van der Waals surface area contributed by atoms with Gasteiger partial charge in [-0.2, -0.15) is 15.0 Å². The predicted octanol–water partition coefficient (Wildman–Crippen LogP) is 0.0596. The Balaban J connectivity index is 1.84. The number of rotatable bonds is 8. The lowest BCUT2D eigenvalue weighted by molar-refractivity contribution is -0.130. The zero-order valence-electron chi connectivity index (χ0n) is 17.1. The Morgan fingerprint density at radius 1 is 1.48 bits per heavy atom. The van der Waals surface area contributed by atoms with E-state index in [2.05, 4.69) is 20.8 Å². The molecule has 1 aromatic rings. The van der Waals surface area contributed by atoms with E-state index in [1.807, 2.05) is 0 Å². The minimum absolute atomic E-state index is 0.197. The number of alkyl carbamates (subject to hydrolysis) is 1. The van der Waals surface area contributed by atoms with Crippen LogP contribution in [0.15, 0.2) is 6.20 Å². The number of carboxylic acid groups (broad SMARTS) is 1. The number of β-lactam (4-membered cyclic amide) rings is 1. The van der Waals surface area contributed by atoms with Crippen molar-refractivity contribution in [3.8, 4) is 0 Å². The Kier molecular flexibility index (Phi) is 7.01. The third kappa shape index (κ3) is 6.31. The molecule has 3 amide bonds. The van der Waals surface area contributed by atoms with E-state index in [4.69, 9.17) is 10.5 Å². The molecule has 0 aliphatic carbocycles. The van der Waals surface area contributed by atoms with E-state index in [0.29, 0.717) is 18.7 Å². The van der Waals surface area contributed by atoms with Crippen LogP contribution in [0.1, 0.15) is 45.9 Å². The highest BCUT2D eigenvalue weighted by Crippen LogP contribution is 2.18. The summed E-state index contributed by atoms with van der Waals surface area (Å²) in [6, 6.07) is -1.37. The van der Waals surface area contributed by atoms with Crippen LogP contribution in [0.5, 0.6) is 0 Å². The Bertz CT molecular complexity index is 745. The summed E-state index contributed by atoms with van der Waals surface area (Å²) in [5.74, 6) is -0.215. The van der Waals surface area contributed by atoms with Gasteiger partial charge in [0.1, 0.15) is 17.3 Å². The van der Waals surface area contributed by atoms with E-state index in [9.17, 15) is 19.5 Å². The molecule has 0 radical (unpaired) electrons. The Morgan fingerprint density at radius 2 is 2.17 bits per heavy atom. The van der Waals surface area contributed by atoms with Crippen molar-refractivity contribution in [3.63, 3.8) is 0 Å². The van der Waals surface area contributed by atoms with Gasteiger partial charge in [0.2, 0.25) is 5.91 Å². The number of aromatic nitrogens is 3. The summed E-state index contributed by atoms with van der Waals surface area (Å²) in [5, 5.41) is 23.2. The lowest BCUT2D eigenvalue weighted by Crippen LogP contribution is -2.68. The quantitative estimate of drug-likeness (QED) is 0.344. The van der Waals surface area contributed by atoms with Crippen molar-refractivity contribution in [1.82, 2.24) is 30.5 Å². The van der Waals surface area contributed by atoms with Crippen LogP contribution in [0, 0.1) is 0 Å². The minimum Gasteiger partial charge on any atom is -0.465 e. The van der Waals surface area contributed by atoms with Gasteiger partial charge in [0.15, 0.2) is 0 Å². The van der Waals surface area contributed by atoms with Crippen molar-refractivity contribution >= 4 is 18.1 Å². The Labute approximate surface area is 168 Å². The zero-order chi connectivity index (χ0) is 21.8. The average Bonchev–Trinajstić information content (AvgIpc) is 3.07. The van der Waals surface area contributed by atoms with E-state index in [-0.39, 0.29) is 25.0 Å². The Hall–Kier alpha value is -2.89. The monoisotopic (exact) mass is 411 g/mol. The third-order valence-electron chi connectivity index (χ3n) is 4.36. The summed E-state index contributed by atoms with van der Waals surface area (Å²) >= 11 is 0. The maximum atomic E-state index is 11.6. The van der Waals surface area contributed by atoms with E-state index in [1.165, 1.54) is 15.9 Å². The molecule has 0 bridgehead atoms. The van der Waals surface area contributed by atoms with Crippen molar-refractivity contribution in [2.45, 2.75) is 64.4 Å². The van der Waals surface area contributed by atoms with Crippen LogP contribution in [-0.4, -0.2) is 73.9 Å². The first-order valence-corrected chi connectivity index (χ1v) is 9.40. The molecule has 3 atom stereocenters. The number of nitrogens with one attached hydrogen (secondary N) is 2. The van der Waals surface area contributed by atoms with Crippen LogP contribution in [0.25, 0.3) is 0 Å². The molecule has 0 saturated carbocycles. The molecule has 0 spiro atoms. The van der Waals surface area contributed by atoms with Crippen molar-refractivity contribution in [3.05, 3.63) is 11.9 Å². The van der Waals surface area contributed by atoms with Crippen molar-refractivity contribution in [1.29, 1.82) is 0 Å². The number of amides is 3. The number of nitrogens with zero attached hydrogens (tertiary/aromatic N) is 4. The van der Waals surface area contributed by atoms with Gasteiger partial charge < -0.3 is 26.2 Å². The number of ether oxygens (including phenoxy) is 1. The largest absolute Gasteiger partial charge is 0.465 e. The van der Waals surface area contributed by atoms with Crippen LogP contribution >= 0.6 is 0 Å². The van der Waals surface area contributed by atoms with Crippen LogP contribution in [0.2, 0.25) is 0 Å². The molecule has 0 unspecified atom stereocenters. The first-order chi connectivity index (χ1) is 13.5. The number of carbonyl (C=O) groups excluding carboxylic acids is 2. The summed E-state index contributed by atoms with van der Waals surface area (Å²) in [6.45, 7) is 7.79. The lowest BCUT2D eigenvalue weighted by atomic mass is 10.0. The number of hydrogen-bond acceptors (Lipinski definition) is 7. The molecule has 162 valence electrons. The number of hydrogen-bond donors (Lipinski definition) is 4. The predicted molar refractivity (Wildman–Crippen MR) is 102 cm³/mol. The normalized spacial score (nSPS) is 19.7. The fourth-order valence-corrected chi connectivity index (χ4v) is 2.75. The van der Waals surface area contributed by atoms with Gasteiger partial charge in [0.05, 0.1) is 24.8 Å². The molecule has 5 N–H and O–H groups in total. The van der Waals surface area contributed by atoms with Crippen molar-refractivity contribution < 1.29 is 24.2 Å². The van der Waals surface area contributed by atoms with Crippen LogP contribution < -0.4 is 16.4 Å². The highest BCUT2D eigenvalue weighted by atomic mass is 16.6. The van der Waals surface area contributed by atoms with Gasteiger partial charge in [-0.25, -0.2) is 9.59 Å². The second kappa shape index (κ2) is 9.07. The summed E-state index contributed by atoms with van der Waals surface area (Å²) in [5.41, 5.74) is 5.57. The lowest BCUT2D eigenvalue weighted by Gasteiger charge is -2.33. The fraction of sp³-hybridized carbons (Fsp3) is 0.706. The summed E-state index contributed by atoms with van der Waals surface area (Å²) in [4.78, 5) is 37.0. The van der Waals surface area contributed by atoms with Gasteiger partial charge in [-0.3, -0.25) is 9.69 Å². The average molecular weight is 411 g/mol. The van der Waals surface area contributed by atoms with Crippen molar-refractivity contribution in [2.75, 3.05) is 13.1 Å². The molecule has 0 aromatic carbocycles. The number of carbonyl (C=O) groups is 3. The van der Waals surface area contributed by atoms with Crippen LogP contribution in [-0.2, 0) is 16.1 Å². The first kappa shape index (κ1) is 22.4. The molecule has 1 aromatic heterocycles. The van der Waals surface area contributed by atoms with E-state index in [1.54, 1.807) is 27.7 Å². The van der Waals surface area contributed by atoms with Crippen molar-refractivity contribution in [2.24, 2.45) is 5.73 Å². The van der Waals surface area contributed by atoms with E-state index >= 15 is 0 Å². The molecule has 12 nitrogen and oxygen atoms in total. The molecule has 1 aliphatic heterocycles. The first-order valence-electron chi connectivity index (χ1n) is 9.40. The molecular weight excluding hydrogens is 382 g/mol. The molecule has 12 heteroatoms. The highest BCUT2D eigenvalue weighted by Gasteiger charge is 2.36. The standard InChI is InChI=1S/C17H29N7O5/c1-10(11-8-20-24(22-11)9-12-13(18)14(25)21-12)23(16(27)28)7-5-6-19-15(26)29-17(2,3)4/h8,10,12-13H,5-7,9,18H2,1-4H3,(H,19,26)(H,21,25)(H,27,28)/t10-,12+,13-/m0/s1.